The SMILES string of the molecule is COc1ccc(CO[C@@H](C=C[C@@H]2O[C@@H]3[C@@H](OCc4ccccc4)[C@H](OCc4ccccc4)[C@@H](COCc4ccccc4)O[C@H]3CC[C@H]2O)CO[Si](c2ccccc2)(c2ccccc2)C(C)(C)C)cc1. The maximum atomic E-state index is 12.0. The van der Waals surface area contributed by atoms with Crippen LogP contribution >= 0.6 is 0 Å². The van der Waals surface area contributed by atoms with E-state index in [9.17, 15) is 5.11 Å². The second kappa shape index (κ2) is 24.5. The maximum Gasteiger partial charge on any atom is 0.261 e. The quantitative estimate of drug-likeness (QED) is 0.0560. The molecule has 362 valence electrons. The lowest BCUT2D eigenvalue weighted by Crippen LogP contribution is -2.67. The molecular formula is C59H68O9Si. The highest BCUT2D eigenvalue weighted by molar-refractivity contribution is 6.99. The molecule has 0 amide bonds. The number of hydrogen-bond acceptors (Lipinski definition) is 9. The highest BCUT2D eigenvalue weighted by Gasteiger charge is 2.52. The van der Waals surface area contributed by atoms with Crippen LogP contribution in [0.3, 0.4) is 0 Å². The first kappa shape index (κ1) is 50.2. The molecule has 0 saturated carbocycles. The van der Waals surface area contributed by atoms with Crippen LogP contribution in [0.1, 0.15) is 55.9 Å². The van der Waals surface area contributed by atoms with Crippen molar-refractivity contribution >= 4 is 18.7 Å². The van der Waals surface area contributed by atoms with E-state index in [0.717, 1.165) is 28.0 Å². The average Bonchev–Trinajstić information content (AvgIpc) is 3.54. The molecule has 2 fully saturated rings. The van der Waals surface area contributed by atoms with E-state index in [0.29, 0.717) is 39.3 Å². The van der Waals surface area contributed by atoms with E-state index in [4.69, 9.17) is 37.6 Å². The number of aliphatic hydroxyl groups is 1. The standard InChI is InChI=1S/C59H68O9Si/c1-59(2,3)69(50-26-16-8-17-27-50,51-28-18-9-19-29-51)66-42-49(63-39-47-30-32-48(61-4)33-31-47)34-36-53-52(60)35-37-54-57(68-53)58(65-41-46-24-14-7-15-25-46)56(64-40-45-22-12-6-13-23-45)55(67-54)43-62-38-44-20-10-5-11-21-44/h5-34,36,49,52-58,60H,35,37-43H2,1-4H3/t49-,52+,53-,54-,55+,56+,57-,58-/m0/s1. The van der Waals surface area contributed by atoms with E-state index < -0.39 is 57.1 Å². The number of hydrogen-bond donors (Lipinski definition) is 1. The van der Waals surface area contributed by atoms with Crippen molar-refractivity contribution in [3.63, 3.8) is 0 Å². The summed E-state index contributed by atoms with van der Waals surface area (Å²) in [4.78, 5) is 0. The molecule has 2 aliphatic heterocycles. The van der Waals surface area contributed by atoms with Crippen molar-refractivity contribution in [3.05, 3.63) is 210 Å². The van der Waals surface area contributed by atoms with Crippen molar-refractivity contribution in [3.8, 4) is 5.75 Å². The Kier molecular flexibility index (Phi) is 17.8. The molecule has 0 aromatic heterocycles. The fraction of sp³-hybridized carbons (Fsp3) is 0.356. The van der Waals surface area contributed by atoms with Gasteiger partial charge in [0.2, 0.25) is 0 Å². The summed E-state index contributed by atoms with van der Waals surface area (Å²) in [5.74, 6) is 0.777. The van der Waals surface area contributed by atoms with Gasteiger partial charge in [0.15, 0.2) is 0 Å². The number of benzene rings is 6. The molecule has 69 heavy (non-hydrogen) atoms. The van der Waals surface area contributed by atoms with Crippen molar-refractivity contribution in [2.75, 3.05) is 20.3 Å². The number of ether oxygens (including phenoxy) is 7. The molecule has 6 aromatic rings. The van der Waals surface area contributed by atoms with Crippen LogP contribution in [-0.2, 0) is 59.3 Å². The normalized spacial score (nSPS) is 22.4. The van der Waals surface area contributed by atoms with Gasteiger partial charge in [-0.2, -0.15) is 0 Å². The summed E-state index contributed by atoms with van der Waals surface area (Å²) in [6.07, 6.45) is 0.304. The van der Waals surface area contributed by atoms with E-state index in [1.165, 1.54) is 10.4 Å². The third-order valence-electron chi connectivity index (χ3n) is 13.2. The van der Waals surface area contributed by atoms with Crippen LogP contribution in [0.4, 0.5) is 0 Å². The Labute approximate surface area is 410 Å². The van der Waals surface area contributed by atoms with E-state index in [1.807, 2.05) is 91.0 Å². The molecule has 8 atom stereocenters. The fourth-order valence-electron chi connectivity index (χ4n) is 9.54. The lowest BCUT2D eigenvalue weighted by Gasteiger charge is -2.46. The van der Waals surface area contributed by atoms with Gasteiger partial charge in [0.25, 0.3) is 8.32 Å². The first-order valence-electron chi connectivity index (χ1n) is 24.3. The largest absolute Gasteiger partial charge is 0.497 e. The summed E-state index contributed by atoms with van der Waals surface area (Å²) in [6, 6.07) is 59.5. The van der Waals surface area contributed by atoms with Gasteiger partial charge in [-0.15, -0.1) is 0 Å². The Bertz CT molecular complexity index is 2380. The summed E-state index contributed by atoms with van der Waals surface area (Å²) < 4.78 is 53.9. The van der Waals surface area contributed by atoms with Gasteiger partial charge in [0, 0.05) is 0 Å². The maximum absolute atomic E-state index is 12.0. The van der Waals surface area contributed by atoms with Gasteiger partial charge in [-0.05, 0) is 62.6 Å². The summed E-state index contributed by atoms with van der Waals surface area (Å²) in [5, 5.41) is 14.1. The lowest BCUT2D eigenvalue weighted by atomic mass is 9.92. The lowest BCUT2D eigenvalue weighted by molar-refractivity contribution is -0.273. The first-order valence-corrected chi connectivity index (χ1v) is 26.2. The minimum absolute atomic E-state index is 0.241. The van der Waals surface area contributed by atoms with Crippen LogP contribution in [0.5, 0.6) is 5.75 Å². The van der Waals surface area contributed by atoms with Crippen molar-refractivity contribution in [1.29, 1.82) is 0 Å². The zero-order valence-electron chi connectivity index (χ0n) is 40.4. The molecule has 10 heteroatoms. The highest BCUT2D eigenvalue weighted by atomic mass is 28.4. The van der Waals surface area contributed by atoms with Crippen LogP contribution < -0.4 is 15.1 Å². The average molecular weight is 949 g/mol. The van der Waals surface area contributed by atoms with E-state index in [2.05, 4.69) is 118 Å². The monoisotopic (exact) mass is 948 g/mol. The predicted octanol–water partition coefficient (Wildman–Crippen LogP) is 9.78. The molecule has 0 unspecified atom stereocenters. The van der Waals surface area contributed by atoms with Crippen LogP contribution in [0.25, 0.3) is 0 Å². The molecule has 0 bridgehead atoms. The van der Waals surface area contributed by atoms with Gasteiger partial charge in [-0.3, -0.25) is 0 Å². The molecule has 0 radical (unpaired) electrons. The number of fused-ring (bicyclic) bond motifs is 1. The Morgan fingerprint density at radius 1 is 0.609 bits per heavy atom. The molecule has 6 aromatic carbocycles. The van der Waals surface area contributed by atoms with Gasteiger partial charge in [-0.1, -0.05) is 197 Å². The van der Waals surface area contributed by atoms with Crippen LogP contribution in [0.15, 0.2) is 188 Å². The van der Waals surface area contributed by atoms with E-state index in [-0.39, 0.29) is 18.3 Å². The number of aliphatic hydroxyl groups excluding tert-OH is 1. The molecular weight excluding hydrogens is 881 g/mol. The molecule has 0 spiro atoms. The summed E-state index contributed by atoms with van der Waals surface area (Å²) in [5.41, 5.74) is 4.13. The molecule has 1 N–H and O–H groups in total. The third-order valence-corrected chi connectivity index (χ3v) is 18.2. The second-order valence-electron chi connectivity index (χ2n) is 19.0. The molecule has 8 rings (SSSR count). The molecule has 2 aliphatic rings. The Morgan fingerprint density at radius 3 is 1.65 bits per heavy atom. The fourth-order valence-corrected chi connectivity index (χ4v) is 14.1. The molecule has 2 heterocycles. The predicted molar refractivity (Wildman–Crippen MR) is 273 cm³/mol. The molecule has 2 saturated heterocycles. The van der Waals surface area contributed by atoms with Gasteiger partial charge >= 0.3 is 0 Å². The van der Waals surface area contributed by atoms with Crippen molar-refractivity contribution in [1.82, 2.24) is 0 Å². The number of rotatable bonds is 21. The first-order chi connectivity index (χ1) is 33.7. The Balaban J connectivity index is 1.10. The van der Waals surface area contributed by atoms with Crippen LogP contribution in [-0.4, -0.2) is 82.6 Å². The highest BCUT2D eigenvalue weighted by Crippen LogP contribution is 2.38. The van der Waals surface area contributed by atoms with Crippen LogP contribution in [0, 0.1) is 0 Å². The van der Waals surface area contributed by atoms with Crippen molar-refractivity contribution in [2.24, 2.45) is 0 Å². The van der Waals surface area contributed by atoms with E-state index in [1.54, 1.807) is 7.11 Å². The van der Waals surface area contributed by atoms with Gasteiger partial charge in [-0.25, -0.2) is 0 Å². The van der Waals surface area contributed by atoms with Crippen molar-refractivity contribution in [2.45, 2.75) is 114 Å². The van der Waals surface area contributed by atoms with Gasteiger partial charge in [0.1, 0.15) is 36.3 Å². The van der Waals surface area contributed by atoms with Gasteiger partial charge < -0.3 is 42.7 Å². The van der Waals surface area contributed by atoms with E-state index >= 15 is 0 Å². The van der Waals surface area contributed by atoms with Crippen LogP contribution in [0.2, 0.25) is 5.04 Å². The summed E-state index contributed by atoms with van der Waals surface area (Å²) in [6.45, 7) is 8.81. The second-order valence-corrected chi connectivity index (χ2v) is 23.3. The minimum Gasteiger partial charge on any atom is -0.497 e. The smallest absolute Gasteiger partial charge is 0.261 e. The van der Waals surface area contributed by atoms with Gasteiger partial charge in [0.05, 0.1) is 65.1 Å². The Morgan fingerprint density at radius 2 is 1.12 bits per heavy atom. The van der Waals surface area contributed by atoms with Crippen molar-refractivity contribution < 1.29 is 42.7 Å². The summed E-state index contributed by atoms with van der Waals surface area (Å²) in [7, 11) is -1.27. The minimum atomic E-state index is -2.94. The Hall–Kier alpha value is -5.24. The molecule has 9 nitrogen and oxygen atoms in total. The summed E-state index contributed by atoms with van der Waals surface area (Å²) >= 11 is 0. The number of methoxy groups -OCH3 is 1. The topological polar surface area (TPSA) is 94.1 Å². The zero-order valence-corrected chi connectivity index (χ0v) is 41.4. The molecule has 0 aliphatic carbocycles. The third kappa shape index (κ3) is 13.1. The zero-order chi connectivity index (χ0) is 47.9.